The molecule has 2 saturated heterocycles. The number of fused-ring (bicyclic) bond motifs is 1. The molecule has 1 saturated carbocycles. The molecule has 3 aliphatic rings. The van der Waals surface area contributed by atoms with E-state index in [1.807, 2.05) is 0 Å². The van der Waals surface area contributed by atoms with Crippen LogP contribution in [0.2, 0.25) is 0 Å². The lowest BCUT2D eigenvalue weighted by atomic mass is 9.62. The van der Waals surface area contributed by atoms with Crippen molar-refractivity contribution in [2.45, 2.75) is 24.6 Å². The second-order valence-corrected chi connectivity index (χ2v) is 4.59. The zero-order valence-electron chi connectivity index (χ0n) is 8.63. The molecule has 2 aliphatic heterocycles. The van der Waals surface area contributed by atoms with E-state index in [0.29, 0.717) is 0 Å². The largest absolute Gasteiger partial charge is 0.481 e. The quantitative estimate of drug-likeness (QED) is 0.758. The van der Waals surface area contributed by atoms with Crippen LogP contribution < -0.4 is 5.32 Å². The Balaban J connectivity index is 1.88. The van der Waals surface area contributed by atoms with Crippen molar-refractivity contribution in [3.63, 3.8) is 0 Å². The first kappa shape index (κ1) is 12.2. The number of rotatable bonds is 3. The predicted molar refractivity (Wildman–Crippen MR) is 47.1 cm³/mol. The van der Waals surface area contributed by atoms with Crippen molar-refractivity contribution in [2.24, 2.45) is 5.41 Å². The molecule has 0 spiro atoms. The van der Waals surface area contributed by atoms with E-state index in [2.05, 4.69) is 0 Å². The van der Waals surface area contributed by atoms with Crippen molar-refractivity contribution < 1.29 is 32.6 Å². The average Bonchev–Trinajstić information content (AvgIpc) is 2.67. The van der Waals surface area contributed by atoms with Gasteiger partial charge in [0.15, 0.2) is 0 Å². The van der Waals surface area contributed by atoms with Gasteiger partial charge < -0.3 is 15.2 Å². The van der Waals surface area contributed by atoms with Crippen LogP contribution >= 0.6 is 0 Å². The van der Waals surface area contributed by atoms with Crippen LogP contribution in [0.15, 0.2) is 0 Å². The van der Waals surface area contributed by atoms with E-state index in [1.165, 1.54) is 0 Å². The highest BCUT2D eigenvalue weighted by atomic mass is 19.4. The number of carboxylic acid groups (broad SMARTS) is 1. The number of halogens is 3. The monoisotopic (exact) mass is 253 g/mol. The van der Waals surface area contributed by atoms with Crippen LogP contribution in [0, 0.1) is 5.41 Å². The van der Waals surface area contributed by atoms with Crippen molar-refractivity contribution >= 4 is 11.9 Å². The van der Waals surface area contributed by atoms with E-state index < -0.39 is 29.1 Å². The lowest BCUT2D eigenvalue weighted by Crippen LogP contribution is -2.55. The Labute approximate surface area is 93.9 Å². The molecule has 0 radical (unpaired) electrons. The summed E-state index contributed by atoms with van der Waals surface area (Å²) >= 11 is 0. The molecule has 2 heterocycles. The van der Waals surface area contributed by atoms with Gasteiger partial charge >= 0.3 is 18.1 Å². The number of carbonyl (C=O) groups is 2. The van der Waals surface area contributed by atoms with Crippen LogP contribution in [-0.4, -0.2) is 41.9 Å². The minimum atomic E-state index is -4.93. The summed E-state index contributed by atoms with van der Waals surface area (Å²) in [6, 6.07) is 0. The SMILES string of the molecule is O=C(NCC12CC(C(=O)O)(CO1)C2)C(F)(F)F. The molecule has 17 heavy (non-hydrogen) atoms. The summed E-state index contributed by atoms with van der Waals surface area (Å²) in [7, 11) is 0. The Morgan fingerprint density at radius 2 is 1.94 bits per heavy atom. The molecule has 0 atom stereocenters. The summed E-state index contributed by atoms with van der Waals surface area (Å²) in [6.45, 7) is -0.315. The summed E-state index contributed by atoms with van der Waals surface area (Å²) in [5, 5.41) is 10.6. The second-order valence-electron chi connectivity index (χ2n) is 4.59. The minimum Gasteiger partial charge on any atom is -0.481 e. The van der Waals surface area contributed by atoms with Crippen molar-refractivity contribution in [1.82, 2.24) is 5.32 Å². The fourth-order valence-electron chi connectivity index (χ4n) is 2.41. The van der Waals surface area contributed by atoms with Gasteiger partial charge in [-0.25, -0.2) is 0 Å². The third-order valence-electron chi connectivity index (χ3n) is 3.26. The molecule has 0 unspecified atom stereocenters. The molecule has 3 fully saturated rings. The molecular formula is C9H10F3NO4. The number of alkyl halides is 3. The van der Waals surface area contributed by atoms with Gasteiger partial charge in [0, 0.05) is 6.54 Å². The van der Waals surface area contributed by atoms with Gasteiger partial charge in [0.1, 0.15) is 0 Å². The number of hydrogen-bond acceptors (Lipinski definition) is 3. The fourth-order valence-corrected chi connectivity index (χ4v) is 2.41. The van der Waals surface area contributed by atoms with E-state index in [0.717, 1.165) is 0 Å². The summed E-state index contributed by atoms with van der Waals surface area (Å²) in [5.74, 6) is -3.04. The first-order valence-electron chi connectivity index (χ1n) is 4.92. The lowest BCUT2D eigenvalue weighted by molar-refractivity contribution is -0.175. The normalized spacial score (nSPS) is 35.2. The van der Waals surface area contributed by atoms with Crippen LogP contribution in [0.1, 0.15) is 12.8 Å². The van der Waals surface area contributed by atoms with Gasteiger partial charge in [-0.05, 0) is 12.8 Å². The highest BCUT2D eigenvalue weighted by Crippen LogP contribution is 2.57. The summed E-state index contributed by atoms with van der Waals surface area (Å²) in [4.78, 5) is 21.4. The molecule has 2 bridgehead atoms. The number of hydrogen-bond donors (Lipinski definition) is 2. The van der Waals surface area contributed by atoms with Gasteiger partial charge in [0.25, 0.3) is 0 Å². The number of nitrogens with one attached hydrogen (secondary N) is 1. The van der Waals surface area contributed by atoms with Gasteiger partial charge in [-0.15, -0.1) is 0 Å². The van der Waals surface area contributed by atoms with E-state index in [9.17, 15) is 22.8 Å². The molecule has 3 rings (SSSR count). The maximum atomic E-state index is 11.9. The van der Waals surface area contributed by atoms with E-state index in [4.69, 9.17) is 9.84 Å². The van der Waals surface area contributed by atoms with Gasteiger partial charge in [0.05, 0.1) is 17.6 Å². The van der Waals surface area contributed by atoms with Crippen LogP contribution in [-0.2, 0) is 14.3 Å². The third-order valence-corrected chi connectivity index (χ3v) is 3.26. The molecule has 5 nitrogen and oxygen atoms in total. The van der Waals surface area contributed by atoms with Crippen molar-refractivity contribution in [2.75, 3.05) is 13.2 Å². The number of carboxylic acids is 1. The molecule has 0 aromatic carbocycles. The Bertz CT molecular complexity index is 373. The second kappa shape index (κ2) is 3.34. The summed E-state index contributed by atoms with van der Waals surface area (Å²) in [5.41, 5.74) is -1.90. The Morgan fingerprint density at radius 1 is 1.35 bits per heavy atom. The van der Waals surface area contributed by atoms with E-state index >= 15 is 0 Å². The van der Waals surface area contributed by atoms with Gasteiger partial charge in [-0.2, -0.15) is 13.2 Å². The molecular weight excluding hydrogens is 243 g/mol. The van der Waals surface area contributed by atoms with Crippen LogP contribution in [0.25, 0.3) is 0 Å². The first-order chi connectivity index (χ1) is 7.69. The summed E-state index contributed by atoms with van der Waals surface area (Å²) < 4.78 is 40.9. The molecule has 1 aliphatic carbocycles. The van der Waals surface area contributed by atoms with Gasteiger partial charge in [-0.1, -0.05) is 0 Å². The Morgan fingerprint density at radius 3 is 2.35 bits per heavy atom. The third kappa shape index (κ3) is 1.86. The maximum Gasteiger partial charge on any atom is 0.471 e. The predicted octanol–water partition coefficient (Wildman–Crippen LogP) is 0.299. The fraction of sp³-hybridized carbons (Fsp3) is 0.778. The molecule has 8 heteroatoms. The average molecular weight is 253 g/mol. The topological polar surface area (TPSA) is 75.6 Å². The van der Waals surface area contributed by atoms with Crippen molar-refractivity contribution in [3.05, 3.63) is 0 Å². The number of carbonyl (C=O) groups excluding carboxylic acids is 1. The maximum absolute atomic E-state index is 11.9. The van der Waals surface area contributed by atoms with Crippen LogP contribution in [0.3, 0.4) is 0 Å². The molecule has 2 N–H and O–H groups in total. The Hall–Kier alpha value is -1.31. The molecule has 0 aromatic heterocycles. The lowest BCUT2D eigenvalue weighted by Gasteiger charge is -2.41. The highest BCUT2D eigenvalue weighted by molar-refractivity contribution is 5.82. The summed E-state index contributed by atoms with van der Waals surface area (Å²) in [6.07, 6.45) is -4.64. The molecule has 1 amide bonds. The number of aliphatic carboxylic acids is 1. The van der Waals surface area contributed by atoms with Crippen molar-refractivity contribution in [1.29, 1.82) is 0 Å². The smallest absolute Gasteiger partial charge is 0.471 e. The van der Waals surface area contributed by atoms with E-state index in [1.54, 1.807) is 5.32 Å². The van der Waals surface area contributed by atoms with Gasteiger partial charge in [-0.3, -0.25) is 9.59 Å². The first-order valence-corrected chi connectivity index (χ1v) is 4.92. The highest BCUT2D eigenvalue weighted by Gasteiger charge is 2.66. The molecule has 0 aromatic rings. The number of amides is 1. The zero-order chi connectivity index (χ0) is 12.9. The molecule has 96 valence electrons. The van der Waals surface area contributed by atoms with Crippen LogP contribution in [0.5, 0.6) is 0 Å². The van der Waals surface area contributed by atoms with Crippen LogP contribution in [0.4, 0.5) is 13.2 Å². The Kier molecular flexibility index (Phi) is 2.39. The van der Waals surface area contributed by atoms with Gasteiger partial charge in [0.2, 0.25) is 0 Å². The standard InChI is InChI=1S/C9H10F3NO4/c10-9(11,12)5(14)13-3-8-1-7(2-8,4-17-8)6(15)16/h1-4H2,(H,13,14)(H,15,16). The minimum absolute atomic E-state index is 0.00970. The van der Waals surface area contributed by atoms with Crippen molar-refractivity contribution in [3.8, 4) is 0 Å². The number of ether oxygens (including phenoxy) is 1. The van der Waals surface area contributed by atoms with E-state index in [-0.39, 0.29) is 26.0 Å². The zero-order valence-corrected chi connectivity index (χ0v) is 8.63.